The first-order chi connectivity index (χ1) is 5.10. The van der Waals surface area contributed by atoms with Gasteiger partial charge in [0.05, 0.1) is 12.7 Å². The van der Waals surface area contributed by atoms with Crippen LogP contribution in [0.5, 0.6) is 0 Å². The number of nitrogens with zero attached hydrogens (tertiary/aromatic N) is 1. The van der Waals surface area contributed by atoms with Gasteiger partial charge in [0.25, 0.3) is 0 Å². The monoisotopic (exact) mass is 159 g/mol. The van der Waals surface area contributed by atoms with Crippen LogP contribution < -0.4 is 0 Å². The van der Waals surface area contributed by atoms with Crippen molar-refractivity contribution in [1.82, 2.24) is 0 Å². The van der Waals surface area contributed by atoms with Gasteiger partial charge in [0.15, 0.2) is 5.41 Å². The molecule has 0 bridgehead atoms. The number of nitriles is 1. The maximum Gasteiger partial charge on any atom is 0.328 e. The first kappa shape index (κ1) is 9.89. The quantitative estimate of drug-likeness (QED) is 0.578. The molecule has 0 aromatic carbocycles. The predicted molar refractivity (Wildman–Crippen MR) is 36.3 cm³/mol. The van der Waals surface area contributed by atoms with Gasteiger partial charge in [0.2, 0.25) is 0 Å². The molecule has 0 aliphatic carbocycles. The second kappa shape index (κ2) is 3.91. The zero-order valence-corrected chi connectivity index (χ0v) is 6.56. The Labute approximate surface area is 64.8 Å². The summed E-state index contributed by atoms with van der Waals surface area (Å²) >= 11 is 0. The van der Waals surface area contributed by atoms with Gasteiger partial charge >= 0.3 is 5.97 Å². The fraction of sp³-hybridized carbons (Fsp3) is 0.714. The number of halogens is 1. The molecule has 0 aliphatic rings. The van der Waals surface area contributed by atoms with E-state index in [-0.39, 0.29) is 6.61 Å². The minimum absolute atomic E-state index is 0.163. The van der Waals surface area contributed by atoms with Crippen LogP contribution in [0, 0.1) is 16.7 Å². The lowest BCUT2D eigenvalue weighted by molar-refractivity contribution is -0.151. The Morgan fingerprint density at radius 3 is 2.64 bits per heavy atom. The van der Waals surface area contributed by atoms with Crippen molar-refractivity contribution in [2.45, 2.75) is 13.8 Å². The third-order valence-electron chi connectivity index (χ3n) is 1.24. The Hall–Kier alpha value is -1.11. The zero-order valence-electron chi connectivity index (χ0n) is 6.56. The third kappa shape index (κ3) is 2.19. The summed E-state index contributed by atoms with van der Waals surface area (Å²) in [5.74, 6) is -0.801. The molecule has 0 saturated heterocycles. The van der Waals surface area contributed by atoms with Crippen molar-refractivity contribution in [3.63, 3.8) is 0 Å². The summed E-state index contributed by atoms with van der Waals surface area (Å²) in [6.07, 6.45) is 0. The van der Waals surface area contributed by atoms with E-state index >= 15 is 0 Å². The molecule has 0 aromatic heterocycles. The maximum atomic E-state index is 12.1. The van der Waals surface area contributed by atoms with E-state index < -0.39 is 18.1 Å². The second-order valence-corrected chi connectivity index (χ2v) is 2.30. The van der Waals surface area contributed by atoms with E-state index in [1.165, 1.54) is 6.92 Å². The van der Waals surface area contributed by atoms with Gasteiger partial charge < -0.3 is 4.74 Å². The second-order valence-electron chi connectivity index (χ2n) is 2.30. The first-order valence-electron chi connectivity index (χ1n) is 3.25. The lowest BCUT2D eigenvalue weighted by Gasteiger charge is -2.14. The summed E-state index contributed by atoms with van der Waals surface area (Å²) in [7, 11) is 0. The van der Waals surface area contributed by atoms with Crippen LogP contribution in [-0.4, -0.2) is 19.3 Å². The predicted octanol–water partition coefficient (Wildman–Crippen LogP) is 1.05. The maximum absolute atomic E-state index is 12.1. The number of carbonyl (C=O) groups excluding carboxylic acids is 1. The fourth-order valence-corrected chi connectivity index (χ4v) is 0.420. The molecule has 0 spiro atoms. The van der Waals surface area contributed by atoms with Gasteiger partial charge in [-0.25, -0.2) is 4.39 Å². The van der Waals surface area contributed by atoms with Gasteiger partial charge in [0, 0.05) is 0 Å². The van der Waals surface area contributed by atoms with Crippen molar-refractivity contribution in [3.8, 4) is 6.07 Å². The van der Waals surface area contributed by atoms with Crippen LogP contribution in [-0.2, 0) is 9.53 Å². The van der Waals surface area contributed by atoms with Crippen LogP contribution in [0.25, 0.3) is 0 Å². The number of esters is 1. The molecule has 11 heavy (non-hydrogen) atoms. The molecule has 1 unspecified atom stereocenters. The number of hydrogen-bond donors (Lipinski definition) is 0. The summed E-state index contributed by atoms with van der Waals surface area (Å²) in [4.78, 5) is 10.8. The van der Waals surface area contributed by atoms with Gasteiger partial charge in [0.1, 0.15) is 6.67 Å². The molecular weight excluding hydrogens is 149 g/mol. The SMILES string of the molecule is CCOC(=O)C(C)(C#N)CF. The van der Waals surface area contributed by atoms with Gasteiger partial charge in [-0.05, 0) is 13.8 Å². The normalized spacial score (nSPS) is 14.7. The Morgan fingerprint density at radius 2 is 2.36 bits per heavy atom. The van der Waals surface area contributed by atoms with E-state index in [9.17, 15) is 9.18 Å². The van der Waals surface area contributed by atoms with Crippen LogP contribution in [0.1, 0.15) is 13.8 Å². The molecule has 0 amide bonds. The first-order valence-corrected chi connectivity index (χ1v) is 3.25. The zero-order chi connectivity index (χ0) is 8.91. The average molecular weight is 159 g/mol. The van der Waals surface area contributed by atoms with Crippen molar-refractivity contribution in [3.05, 3.63) is 0 Å². The molecule has 0 aliphatic heterocycles. The van der Waals surface area contributed by atoms with E-state index in [2.05, 4.69) is 4.74 Å². The molecule has 4 heteroatoms. The Morgan fingerprint density at radius 1 is 1.82 bits per heavy atom. The fourth-order valence-electron chi connectivity index (χ4n) is 0.420. The molecule has 62 valence electrons. The van der Waals surface area contributed by atoms with E-state index in [4.69, 9.17) is 5.26 Å². The van der Waals surface area contributed by atoms with Crippen molar-refractivity contribution in [2.75, 3.05) is 13.3 Å². The van der Waals surface area contributed by atoms with Crippen LogP contribution in [0.15, 0.2) is 0 Å². The molecule has 0 fully saturated rings. The summed E-state index contributed by atoms with van der Waals surface area (Å²) < 4.78 is 16.6. The molecule has 0 aromatic rings. The van der Waals surface area contributed by atoms with Gasteiger partial charge in [-0.1, -0.05) is 0 Å². The summed E-state index contributed by atoms with van der Waals surface area (Å²) in [5, 5.41) is 8.39. The molecule has 0 rings (SSSR count). The largest absolute Gasteiger partial charge is 0.465 e. The highest BCUT2D eigenvalue weighted by molar-refractivity contribution is 5.79. The molecule has 0 N–H and O–H groups in total. The van der Waals surface area contributed by atoms with E-state index in [0.29, 0.717) is 0 Å². The third-order valence-corrected chi connectivity index (χ3v) is 1.24. The Kier molecular flexibility index (Phi) is 3.52. The topological polar surface area (TPSA) is 50.1 Å². The highest BCUT2D eigenvalue weighted by Crippen LogP contribution is 2.17. The Balaban J connectivity index is 4.28. The number of alkyl halides is 1. The molecule has 0 saturated carbocycles. The van der Waals surface area contributed by atoms with Crippen molar-refractivity contribution in [1.29, 1.82) is 5.26 Å². The van der Waals surface area contributed by atoms with Crippen LogP contribution in [0.2, 0.25) is 0 Å². The van der Waals surface area contributed by atoms with Crippen molar-refractivity contribution in [2.24, 2.45) is 5.41 Å². The van der Waals surface area contributed by atoms with E-state index in [0.717, 1.165) is 0 Å². The molecule has 3 nitrogen and oxygen atoms in total. The molecule has 0 radical (unpaired) electrons. The van der Waals surface area contributed by atoms with E-state index in [1.54, 1.807) is 13.0 Å². The lowest BCUT2D eigenvalue weighted by atomic mass is 9.95. The van der Waals surface area contributed by atoms with Crippen LogP contribution in [0.3, 0.4) is 0 Å². The van der Waals surface area contributed by atoms with E-state index in [1.807, 2.05) is 0 Å². The highest BCUT2D eigenvalue weighted by atomic mass is 19.1. The minimum atomic E-state index is -1.63. The molecular formula is C7H10FNO2. The summed E-state index contributed by atoms with van der Waals surface area (Å²) in [6, 6.07) is 1.56. The number of rotatable bonds is 3. The minimum Gasteiger partial charge on any atom is -0.465 e. The lowest BCUT2D eigenvalue weighted by Crippen LogP contribution is -2.30. The van der Waals surface area contributed by atoms with Crippen LogP contribution >= 0.6 is 0 Å². The molecule has 0 heterocycles. The number of hydrogen-bond acceptors (Lipinski definition) is 3. The number of carbonyl (C=O) groups is 1. The smallest absolute Gasteiger partial charge is 0.328 e. The average Bonchev–Trinajstić information content (AvgIpc) is 2.03. The highest BCUT2D eigenvalue weighted by Gasteiger charge is 2.35. The standard InChI is InChI=1S/C7H10FNO2/c1-3-11-6(10)7(2,4-8)5-9/h3-4H2,1-2H3. The van der Waals surface area contributed by atoms with Crippen molar-refractivity contribution < 1.29 is 13.9 Å². The van der Waals surface area contributed by atoms with Gasteiger partial charge in [-0.2, -0.15) is 5.26 Å². The summed E-state index contributed by atoms with van der Waals surface area (Å²) in [5.41, 5.74) is -1.63. The molecule has 1 atom stereocenters. The Bertz CT molecular complexity index is 187. The summed E-state index contributed by atoms with van der Waals surface area (Å²) in [6.45, 7) is 1.97. The van der Waals surface area contributed by atoms with Gasteiger partial charge in [-0.3, -0.25) is 4.79 Å². The van der Waals surface area contributed by atoms with Gasteiger partial charge in [-0.15, -0.1) is 0 Å². The van der Waals surface area contributed by atoms with Crippen molar-refractivity contribution >= 4 is 5.97 Å². The van der Waals surface area contributed by atoms with Crippen LogP contribution in [0.4, 0.5) is 4.39 Å². The number of ether oxygens (including phenoxy) is 1.